The largest absolute Gasteiger partial charge is 0.377 e. The van der Waals surface area contributed by atoms with Crippen molar-refractivity contribution in [3.8, 4) is 0 Å². The molecule has 2 aromatic heterocycles. The number of amides is 1. The molecule has 0 saturated carbocycles. The Hall–Kier alpha value is -2.14. The summed E-state index contributed by atoms with van der Waals surface area (Å²) in [4.78, 5) is 11.8. The number of rotatable bonds is 7. The average Bonchev–Trinajstić information content (AvgIpc) is 2.88. The molecule has 2 rings (SSSR count). The minimum absolute atomic E-state index is 0.0368. The van der Waals surface area contributed by atoms with Gasteiger partial charge in [-0.1, -0.05) is 12.1 Å². The lowest BCUT2D eigenvalue weighted by Crippen LogP contribution is -2.14. The molecule has 0 spiro atoms. The highest BCUT2D eigenvalue weighted by Crippen LogP contribution is 2.11. The van der Waals surface area contributed by atoms with E-state index >= 15 is 0 Å². The van der Waals surface area contributed by atoms with Crippen LogP contribution >= 0.6 is 0 Å². The average molecular weight is 259 g/mol. The number of carbonyl (C=O) groups is 1. The zero-order chi connectivity index (χ0) is 13.5. The van der Waals surface area contributed by atoms with Gasteiger partial charge in [0.25, 0.3) is 0 Å². The van der Waals surface area contributed by atoms with Gasteiger partial charge in [-0.05, 0) is 24.6 Å². The lowest BCUT2D eigenvalue weighted by atomic mass is 10.3. The number of hydrogen-bond donors (Lipinski definition) is 1. The molecule has 0 unspecified atom stereocenters. The van der Waals surface area contributed by atoms with E-state index in [2.05, 4.69) is 17.0 Å². The van der Waals surface area contributed by atoms with Crippen LogP contribution in [0.25, 0.3) is 5.52 Å². The zero-order valence-corrected chi connectivity index (χ0v) is 10.7. The molecule has 2 aromatic rings. The van der Waals surface area contributed by atoms with Crippen LogP contribution in [-0.4, -0.2) is 28.7 Å². The Morgan fingerprint density at radius 3 is 3.21 bits per heavy atom. The first-order chi connectivity index (χ1) is 9.31. The van der Waals surface area contributed by atoms with E-state index in [-0.39, 0.29) is 5.91 Å². The molecule has 0 atom stereocenters. The number of ether oxygens (including phenoxy) is 1. The Kier molecular flexibility index (Phi) is 4.69. The predicted molar refractivity (Wildman–Crippen MR) is 74.1 cm³/mol. The van der Waals surface area contributed by atoms with Gasteiger partial charge >= 0.3 is 0 Å². The second-order valence-electron chi connectivity index (χ2n) is 4.09. The molecule has 0 fully saturated rings. The van der Waals surface area contributed by atoms with Crippen molar-refractivity contribution in [1.82, 2.24) is 9.61 Å². The third-order valence-electron chi connectivity index (χ3n) is 2.62. The number of aromatic nitrogens is 2. The van der Waals surface area contributed by atoms with Crippen LogP contribution < -0.4 is 5.32 Å². The molecule has 5 heteroatoms. The van der Waals surface area contributed by atoms with E-state index in [0.29, 0.717) is 31.9 Å². The standard InChI is InChI=1S/C14H17N3O2/c1-2-10-19-11-4-7-14(18)16-13-6-3-5-12-8-9-15-17(12)13/h2-3,5-6,8-9H,1,4,7,10-11H2,(H,16,18). The van der Waals surface area contributed by atoms with Crippen molar-refractivity contribution < 1.29 is 9.53 Å². The molecule has 0 radical (unpaired) electrons. The fourth-order valence-corrected chi connectivity index (χ4v) is 1.75. The van der Waals surface area contributed by atoms with Crippen LogP contribution in [0.2, 0.25) is 0 Å². The van der Waals surface area contributed by atoms with E-state index in [1.807, 2.05) is 24.3 Å². The van der Waals surface area contributed by atoms with Crippen molar-refractivity contribution in [3.05, 3.63) is 43.1 Å². The smallest absolute Gasteiger partial charge is 0.225 e. The van der Waals surface area contributed by atoms with Gasteiger partial charge in [0.1, 0.15) is 5.82 Å². The Labute approximate surface area is 111 Å². The number of fused-ring (bicyclic) bond motifs is 1. The molecule has 19 heavy (non-hydrogen) atoms. The molecule has 2 heterocycles. The van der Waals surface area contributed by atoms with Crippen molar-refractivity contribution in [2.24, 2.45) is 0 Å². The molecular weight excluding hydrogens is 242 g/mol. The van der Waals surface area contributed by atoms with Crippen LogP contribution in [0.4, 0.5) is 5.82 Å². The number of hydrogen-bond acceptors (Lipinski definition) is 3. The van der Waals surface area contributed by atoms with E-state index in [1.54, 1.807) is 16.8 Å². The van der Waals surface area contributed by atoms with E-state index in [9.17, 15) is 4.79 Å². The van der Waals surface area contributed by atoms with Gasteiger partial charge in [0.15, 0.2) is 0 Å². The lowest BCUT2D eigenvalue weighted by molar-refractivity contribution is -0.116. The Morgan fingerprint density at radius 1 is 1.47 bits per heavy atom. The van der Waals surface area contributed by atoms with E-state index in [1.165, 1.54) is 0 Å². The summed E-state index contributed by atoms with van der Waals surface area (Å²) in [6.45, 7) is 4.64. The molecule has 1 N–H and O–H groups in total. The number of nitrogens with one attached hydrogen (secondary N) is 1. The minimum Gasteiger partial charge on any atom is -0.377 e. The minimum atomic E-state index is -0.0368. The molecule has 100 valence electrons. The van der Waals surface area contributed by atoms with Gasteiger partial charge in [-0.25, -0.2) is 4.52 Å². The van der Waals surface area contributed by atoms with Crippen LogP contribution in [0.5, 0.6) is 0 Å². The summed E-state index contributed by atoms with van der Waals surface area (Å²) in [5.74, 6) is 0.643. The van der Waals surface area contributed by atoms with Crippen LogP contribution in [0.3, 0.4) is 0 Å². The second-order valence-corrected chi connectivity index (χ2v) is 4.09. The highest BCUT2D eigenvalue weighted by molar-refractivity contribution is 5.90. The van der Waals surface area contributed by atoms with Gasteiger partial charge in [0.2, 0.25) is 5.91 Å². The summed E-state index contributed by atoms with van der Waals surface area (Å²) in [6, 6.07) is 7.54. The van der Waals surface area contributed by atoms with Crippen molar-refractivity contribution in [3.63, 3.8) is 0 Å². The summed E-state index contributed by atoms with van der Waals surface area (Å²) < 4.78 is 6.93. The number of anilines is 1. The summed E-state index contributed by atoms with van der Waals surface area (Å²) >= 11 is 0. The van der Waals surface area contributed by atoms with Crippen LogP contribution in [0.15, 0.2) is 43.1 Å². The maximum absolute atomic E-state index is 11.8. The molecule has 0 aliphatic heterocycles. The van der Waals surface area contributed by atoms with Crippen molar-refractivity contribution in [2.75, 3.05) is 18.5 Å². The lowest BCUT2D eigenvalue weighted by Gasteiger charge is -2.07. The maximum atomic E-state index is 11.8. The maximum Gasteiger partial charge on any atom is 0.225 e. The van der Waals surface area contributed by atoms with Crippen LogP contribution in [0.1, 0.15) is 12.8 Å². The molecule has 5 nitrogen and oxygen atoms in total. The summed E-state index contributed by atoms with van der Waals surface area (Å²) in [7, 11) is 0. The topological polar surface area (TPSA) is 55.6 Å². The van der Waals surface area contributed by atoms with Crippen molar-refractivity contribution in [2.45, 2.75) is 12.8 Å². The van der Waals surface area contributed by atoms with Crippen molar-refractivity contribution in [1.29, 1.82) is 0 Å². The Balaban J connectivity index is 1.85. The fourth-order valence-electron chi connectivity index (χ4n) is 1.75. The summed E-state index contributed by atoms with van der Waals surface area (Å²) in [5, 5.41) is 7.01. The van der Waals surface area contributed by atoms with E-state index in [0.717, 1.165) is 5.52 Å². The third kappa shape index (κ3) is 3.66. The van der Waals surface area contributed by atoms with Gasteiger partial charge in [0.05, 0.1) is 18.3 Å². The summed E-state index contributed by atoms with van der Waals surface area (Å²) in [6.07, 6.45) is 4.51. The molecular formula is C14H17N3O2. The van der Waals surface area contributed by atoms with Gasteiger partial charge in [0, 0.05) is 13.0 Å². The highest BCUT2D eigenvalue weighted by atomic mass is 16.5. The Morgan fingerprint density at radius 2 is 2.37 bits per heavy atom. The monoisotopic (exact) mass is 259 g/mol. The number of nitrogens with zero attached hydrogens (tertiary/aromatic N) is 2. The SMILES string of the molecule is C=CCOCCCC(=O)Nc1cccc2ccnn12. The van der Waals surface area contributed by atoms with Crippen molar-refractivity contribution >= 4 is 17.2 Å². The first-order valence-electron chi connectivity index (χ1n) is 6.22. The van der Waals surface area contributed by atoms with Crippen LogP contribution in [-0.2, 0) is 9.53 Å². The number of pyridine rings is 1. The predicted octanol–water partition coefficient (Wildman–Crippen LogP) is 2.26. The zero-order valence-electron chi connectivity index (χ0n) is 10.7. The fraction of sp³-hybridized carbons (Fsp3) is 0.286. The van der Waals surface area contributed by atoms with Gasteiger partial charge in [-0.15, -0.1) is 6.58 Å². The molecule has 0 aliphatic carbocycles. The number of carbonyl (C=O) groups excluding carboxylic acids is 1. The van der Waals surface area contributed by atoms with Gasteiger partial charge in [-0.3, -0.25) is 4.79 Å². The second kappa shape index (κ2) is 6.70. The third-order valence-corrected chi connectivity index (χ3v) is 2.62. The van der Waals surface area contributed by atoms with Gasteiger partial charge < -0.3 is 10.1 Å². The van der Waals surface area contributed by atoms with Crippen LogP contribution in [0, 0.1) is 0 Å². The molecule has 1 amide bonds. The highest BCUT2D eigenvalue weighted by Gasteiger charge is 2.05. The molecule has 0 aromatic carbocycles. The summed E-state index contributed by atoms with van der Waals surface area (Å²) in [5.41, 5.74) is 0.951. The first kappa shape index (κ1) is 13.3. The van der Waals surface area contributed by atoms with E-state index < -0.39 is 0 Å². The van der Waals surface area contributed by atoms with E-state index in [4.69, 9.17) is 4.74 Å². The quantitative estimate of drug-likeness (QED) is 0.613. The molecule has 0 bridgehead atoms. The normalized spacial score (nSPS) is 10.5. The first-order valence-corrected chi connectivity index (χ1v) is 6.22. The Bertz CT molecular complexity index is 563. The molecule has 0 saturated heterocycles. The van der Waals surface area contributed by atoms with Gasteiger partial charge in [-0.2, -0.15) is 5.10 Å². The molecule has 0 aliphatic rings.